The molecule has 1 aromatic heterocycles. The molecular formula is C64H56N6O8. The first-order valence-corrected chi connectivity index (χ1v) is 25.9. The number of aliphatic carboxylic acids is 1. The van der Waals surface area contributed by atoms with E-state index in [-0.39, 0.29) is 19.3 Å². The largest absolute Gasteiger partial charge is 0.484 e. The number of amides is 5. The Kier molecular flexibility index (Phi) is 15.4. The smallest absolute Gasteiger partial charge is 0.330 e. The van der Waals surface area contributed by atoms with Crippen molar-refractivity contribution in [2.45, 2.75) is 73.1 Å². The quantitative estimate of drug-likeness (QED) is 0.0415. The maximum atomic E-state index is 15.3. The number of carbonyl (C=O) groups is 6. The van der Waals surface area contributed by atoms with E-state index in [1.54, 1.807) is 54.9 Å². The number of carbonyl (C=O) groups excluding carboxylic acids is 5. The third kappa shape index (κ3) is 12.1. The average Bonchev–Trinajstić information content (AvgIpc) is 4.44. The van der Waals surface area contributed by atoms with Gasteiger partial charge in [-0.1, -0.05) is 164 Å². The number of nitrogens with one attached hydrogen (secondary N) is 5. The van der Waals surface area contributed by atoms with E-state index in [9.17, 15) is 24.3 Å². The van der Waals surface area contributed by atoms with Crippen LogP contribution in [0.1, 0.15) is 58.9 Å². The summed E-state index contributed by atoms with van der Waals surface area (Å²) >= 11 is 0. The van der Waals surface area contributed by atoms with Gasteiger partial charge in [0.2, 0.25) is 17.7 Å². The molecule has 78 heavy (non-hydrogen) atoms. The van der Waals surface area contributed by atoms with Gasteiger partial charge in [0.1, 0.15) is 28.9 Å². The van der Waals surface area contributed by atoms with Crippen LogP contribution in [0.15, 0.2) is 200 Å². The van der Waals surface area contributed by atoms with Gasteiger partial charge in [0.05, 0.1) is 0 Å². The lowest BCUT2D eigenvalue weighted by molar-refractivity contribution is -0.141. The Morgan fingerprint density at radius 1 is 0.667 bits per heavy atom. The number of pyridine rings is 1. The van der Waals surface area contributed by atoms with Gasteiger partial charge < -0.3 is 36.4 Å². The average molecular weight is 1040 g/mol. The molecule has 2 saturated carbocycles. The second kappa shape index (κ2) is 23.1. The molecule has 7 atom stereocenters. The Labute approximate surface area is 451 Å². The van der Waals surface area contributed by atoms with Gasteiger partial charge >= 0.3 is 5.97 Å². The third-order valence-electron chi connectivity index (χ3n) is 14.6. The van der Waals surface area contributed by atoms with Gasteiger partial charge in [-0.2, -0.15) is 0 Å². The van der Waals surface area contributed by atoms with Gasteiger partial charge in [0.25, 0.3) is 11.8 Å². The van der Waals surface area contributed by atoms with Crippen LogP contribution in [0, 0.1) is 11.8 Å². The molecule has 1 spiro atoms. The molecule has 6 unspecified atom stereocenters. The number of nitrogens with zero attached hydrogens (tertiary/aromatic N) is 1. The van der Waals surface area contributed by atoms with Crippen molar-refractivity contribution in [1.29, 1.82) is 0 Å². The first kappa shape index (κ1) is 51.9. The molecule has 0 radical (unpaired) electrons. The Hall–Kier alpha value is -9.61. The lowest BCUT2D eigenvalue weighted by atomic mass is 9.99. The topological polar surface area (TPSA) is 205 Å². The highest BCUT2D eigenvalue weighted by atomic mass is 16.5. The molecule has 11 rings (SSSR count). The van der Waals surface area contributed by atoms with Crippen molar-refractivity contribution < 1.29 is 38.6 Å². The molecule has 5 amide bonds. The van der Waals surface area contributed by atoms with Crippen LogP contribution in [0.4, 0.5) is 0 Å². The SMILES string of the molecule is O=C1COc2ccc(cc2)C2CC2(C(=O)NC(/C=C/Cc2ccccc2)C(=O)O)NC(=O)[C@H](CCc2ccccc2)NC(=O)C2(CC2c2ccc(-c3ccccc3)cc2)NC(=O)C(C#Cc2ccc(-c3ccncc3)cc2)N1. The van der Waals surface area contributed by atoms with E-state index in [1.807, 2.05) is 140 Å². The lowest BCUT2D eigenvalue weighted by Crippen LogP contribution is -2.61. The Bertz CT molecular complexity index is 3400. The van der Waals surface area contributed by atoms with Gasteiger partial charge in [-0.3, -0.25) is 29.0 Å². The second-order valence-corrected chi connectivity index (χ2v) is 19.8. The van der Waals surface area contributed by atoms with Gasteiger partial charge in [-0.15, -0.1) is 0 Å². The minimum Gasteiger partial charge on any atom is -0.484 e. The van der Waals surface area contributed by atoms with Crippen molar-refractivity contribution in [2.75, 3.05) is 6.61 Å². The number of hydrogen-bond acceptors (Lipinski definition) is 8. The molecule has 6 N–H and O–H groups in total. The number of benzene rings is 6. The maximum Gasteiger partial charge on any atom is 0.330 e. The third-order valence-corrected chi connectivity index (χ3v) is 14.6. The fourth-order valence-corrected chi connectivity index (χ4v) is 10.0. The molecule has 4 aliphatic rings. The standard InChI is InChI=1S/C64H56N6O8/c71-57-41-78-51-31-29-50(30-32-51)53-40-64(53,62(77)68-56(60(74)75)18-10-15-42-11-4-1-5-12-42)70-59(73)55(34-21-43-13-6-2-7-14-43)67-61(76)63(39-52(63)49-27-25-47(26-28-49)45-16-8-3-9-17-45)69-58(72)54(66-57)33-22-44-19-23-46(24-20-44)48-35-37-65-38-36-48/h1-14,16-20,23-32,35-38,52-56H,15,21,34,39-41H2,(H,66,71)(H,67,76)(H,68,77)(H,69,72)(H,70,73)(H,74,75)/b18-10+/t52?,53?,54?,55-,56?,63?,64?/m0/s1. The number of carboxylic acid groups (broad SMARTS) is 1. The molecule has 7 aromatic rings. The summed E-state index contributed by atoms with van der Waals surface area (Å²) in [7, 11) is 0. The van der Waals surface area contributed by atoms with Gasteiger partial charge in [-0.25, -0.2) is 4.79 Å². The van der Waals surface area contributed by atoms with E-state index in [0.29, 0.717) is 29.7 Å². The Morgan fingerprint density at radius 3 is 1.92 bits per heavy atom. The summed E-state index contributed by atoms with van der Waals surface area (Å²) in [6.45, 7) is -0.503. The highest BCUT2D eigenvalue weighted by Gasteiger charge is 2.64. The predicted octanol–water partition coefficient (Wildman–Crippen LogP) is 7.22. The molecular weight excluding hydrogens is 981 g/mol. The summed E-state index contributed by atoms with van der Waals surface area (Å²) in [5.74, 6) is 0.271. The normalized spacial score (nSPS) is 22.3. The van der Waals surface area contributed by atoms with Crippen LogP contribution < -0.4 is 31.3 Å². The van der Waals surface area contributed by atoms with Gasteiger partial charge in [-0.05, 0) is 113 Å². The van der Waals surface area contributed by atoms with Crippen molar-refractivity contribution in [3.05, 3.63) is 228 Å². The lowest BCUT2D eigenvalue weighted by Gasteiger charge is -2.27. The number of fused-ring (bicyclic) bond motifs is 12. The van der Waals surface area contributed by atoms with E-state index in [2.05, 4.69) is 43.4 Å². The monoisotopic (exact) mass is 1040 g/mol. The van der Waals surface area contributed by atoms with Crippen LogP contribution in [0.3, 0.4) is 0 Å². The van der Waals surface area contributed by atoms with Crippen LogP contribution in [0.5, 0.6) is 5.75 Å². The maximum absolute atomic E-state index is 15.3. The number of ether oxygens (including phenoxy) is 1. The Balaban J connectivity index is 0.994. The van der Waals surface area contributed by atoms with E-state index in [0.717, 1.165) is 38.9 Å². The summed E-state index contributed by atoms with van der Waals surface area (Å²) < 4.78 is 5.91. The van der Waals surface area contributed by atoms with Gasteiger partial charge in [0.15, 0.2) is 12.6 Å². The van der Waals surface area contributed by atoms with Crippen molar-refractivity contribution in [2.24, 2.45) is 0 Å². The summed E-state index contributed by atoms with van der Waals surface area (Å²) in [6, 6.07) is 50.0. The van der Waals surface area contributed by atoms with E-state index >= 15 is 9.59 Å². The minimum absolute atomic E-state index is 0.0839. The molecule has 0 saturated heterocycles. The van der Waals surface area contributed by atoms with Crippen LogP contribution >= 0.6 is 0 Å². The number of rotatable bonds is 12. The molecule has 2 fully saturated rings. The van der Waals surface area contributed by atoms with Crippen LogP contribution in [0.2, 0.25) is 0 Å². The number of carboxylic acids is 1. The molecule has 6 aromatic carbocycles. The first-order chi connectivity index (χ1) is 38.0. The highest BCUT2D eigenvalue weighted by molar-refractivity contribution is 6.03. The van der Waals surface area contributed by atoms with Crippen molar-refractivity contribution in [3.63, 3.8) is 0 Å². The van der Waals surface area contributed by atoms with Crippen LogP contribution in [-0.4, -0.2) is 81.4 Å². The van der Waals surface area contributed by atoms with Crippen molar-refractivity contribution in [1.82, 2.24) is 31.6 Å². The molecule has 2 aliphatic carbocycles. The van der Waals surface area contributed by atoms with Crippen molar-refractivity contribution >= 4 is 35.5 Å². The zero-order valence-corrected chi connectivity index (χ0v) is 42.4. The summed E-state index contributed by atoms with van der Waals surface area (Å²) in [6.07, 6.45) is 7.56. The summed E-state index contributed by atoms with van der Waals surface area (Å²) in [5.41, 5.74) is 4.31. The van der Waals surface area contributed by atoms with E-state index in [1.165, 1.54) is 6.08 Å². The zero-order chi connectivity index (χ0) is 54.1. The fourth-order valence-electron chi connectivity index (χ4n) is 10.0. The van der Waals surface area contributed by atoms with Crippen LogP contribution in [0.25, 0.3) is 22.3 Å². The second-order valence-electron chi connectivity index (χ2n) is 19.8. The predicted molar refractivity (Wildman–Crippen MR) is 294 cm³/mol. The number of allylic oxidation sites excluding steroid dienone is 1. The minimum atomic E-state index is -1.64. The number of aryl methyl sites for hydroxylation is 1. The molecule has 3 heterocycles. The summed E-state index contributed by atoms with van der Waals surface area (Å²) in [5, 5.41) is 24.7. The molecule has 14 heteroatoms. The number of hydrogen-bond donors (Lipinski definition) is 6. The zero-order valence-electron chi connectivity index (χ0n) is 42.4. The molecule has 2 bridgehead atoms. The van der Waals surface area contributed by atoms with E-state index < -0.39 is 83.2 Å². The fraction of sp³-hybridized carbons (Fsp3) is 0.203. The van der Waals surface area contributed by atoms with Crippen molar-refractivity contribution in [3.8, 4) is 39.8 Å². The molecule has 14 nitrogen and oxygen atoms in total. The first-order valence-electron chi connectivity index (χ1n) is 25.9. The van der Waals surface area contributed by atoms with Crippen LogP contribution in [-0.2, 0) is 41.6 Å². The number of aromatic nitrogens is 1. The highest BCUT2D eigenvalue weighted by Crippen LogP contribution is 2.53. The van der Waals surface area contributed by atoms with Gasteiger partial charge in [0, 0.05) is 29.8 Å². The van der Waals surface area contributed by atoms with E-state index in [4.69, 9.17) is 4.74 Å². The molecule has 2 aliphatic heterocycles. The summed E-state index contributed by atoms with van der Waals surface area (Å²) in [4.78, 5) is 90.5. The molecule has 390 valence electrons. The Morgan fingerprint density at radius 2 is 1.26 bits per heavy atom.